The summed E-state index contributed by atoms with van der Waals surface area (Å²) in [6, 6.07) is 12.3. The maximum absolute atomic E-state index is 10.8. The quantitative estimate of drug-likeness (QED) is 0.599. The Balaban J connectivity index is 1.62. The summed E-state index contributed by atoms with van der Waals surface area (Å²) in [6.45, 7) is 7.33. The Morgan fingerprint density at radius 2 is 1.77 bits per heavy atom. The Labute approximate surface area is 152 Å². The number of benzene rings is 2. The molecule has 2 aromatic heterocycles. The van der Waals surface area contributed by atoms with E-state index in [1.807, 2.05) is 29.1 Å². The fourth-order valence-corrected chi connectivity index (χ4v) is 3.55. The molecule has 0 saturated heterocycles. The van der Waals surface area contributed by atoms with E-state index < -0.39 is 6.10 Å². The molecular formula is C21H24N4O. The first-order valence-electron chi connectivity index (χ1n) is 9.11. The van der Waals surface area contributed by atoms with Crippen LogP contribution in [0.15, 0.2) is 42.7 Å². The first kappa shape index (κ1) is 16.8. The fourth-order valence-electron chi connectivity index (χ4n) is 3.55. The zero-order valence-corrected chi connectivity index (χ0v) is 15.5. The van der Waals surface area contributed by atoms with Crippen molar-refractivity contribution >= 4 is 22.1 Å². The molecule has 0 bridgehead atoms. The van der Waals surface area contributed by atoms with Crippen molar-refractivity contribution in [2.45, 2.75) is 46.4 Å². The van der Waals surface area contributed by atoms with Crippen LogP contribution < -0.4 is 0 Å². The van der Waals surface area contributed by atoms with E-state index >= 15 is 0 Å². The number of aliphatic hydroxyl groups excluding tert-OH is 1. The van der Waals surface area contributed by atoms with Crippen molar-refractivity contribution in [3.05, 3.63) is 59.7 Å². The van der Waals surface area contributed by atoms with Gasteiger partial charge in [-0.15, -0.1) is 0 Å². The third-order valence-electron chi connectivity index (χ3n) is 5.09. The van der Waals surface area contributed by atoms with E-state index in [0.29, 0.717) is 13.1 Å². The Morgan fingerprint density at radius 3 is 2.58 bits per heavy atom. The molecule has 5 heteroatoms. The molecule has 0 aliphatic carbocycles. The first-order valence-corrected chi connectivity index (χ1v) is 9.11. The van der Waals surface area contributed by atoms with Crippen molar-refractivity contribution < 1.29 is 5.11 Å². The lowest BCUT2D eigenvalue weighted by atomic mass is 10.1. The topological polar surface area (TPSA) is 55.9 Å². The number of hydrogen-bond donors (Lipinski definition) is 1. The SMILES string of the molecule is CCc1nc2ccccc2n1C[C@@H](O)Cn1cnc2cc(C)c(C)cc21. The lowest BCUT2D eigenvalue weighted by Gasteiger charge is -2.15. The molecule has 4 rings (SSSR count). The van der Waals surface area contributed by atoms with Gasteiger partial charge in [0.2, 0.25) is 0 Å². The Hall–Kier alpha value is -2.66. The summed E-state index contributed by atoms with van der Waals surface area (Å²) in [5.41, 5.74) is 6.57. The molecule has 1 atom stereocenters. The van der Waals surface area contributed by atoms with Crippen LogP contribution in [0.5, 0.6) is 0 Å². The summed E-state index contributed by atoms with van der Waals surface area (Å²) in [6.07, 6.45) is 2.14. The van der Waals surface area contributed by atoms with E-state index in [-0.39, 0.29) is 0 Å². The van der Waals surface area contributed by atoms with E-state index in [9.17, 15) is 5.11 Å². The number of nitrogens with zero attached hydrogens (tertiary/aromatic N) is 4. The zero-order chi connectivity index (χ0) is 18.3. The maximum Gasteiger partial charge on any atom is 0.109 e. The lowest BCUT2D eigenvalue weighted by molar-refractivity contribution is 0.136. The molecular weight excluding hydrogens is 324 g/mol. The third-order valence-corrected chi connectivity index (χ3v) is 5.09. The monoisotopic (exact) mass is 348 g/mol. The number of aliphatic hydroxyl groups is 1. The minimum absolute atomic E-state index is 0.509. The summed E-state index contributed by atoms with van der Waals surface area (Å²) in [7, 11) is 0. The van der Waals surface area contributed by atoms with Crippen LogP contribution in [-0.2, 0) is 19.5 Å². The standard InChI is InChI=1S/C21H24N4O/c1-4-21-23-17-7-5-6-8-19(17)25(21)12-16(26)11-24-13-22-18-9-14(2)15(3)10-20(18)24/h5-10,13,16,26H,4,11-12H2,1-3H3/t16-/m0/s1. The van der Waals surface area contributed by atoms with E-state index in [0.717, 1.165) is 34.3 Å². The number of rotatable bonds is 5. The van der Waals surface area contributed by atoms with Crippen molar-refractivity contribution in [3.8, 4) is 0 Å². The molecule has 0 aliphatic heterocycles. The molecule has 0 radical (unpaired) electrons. The van der Waals surface area contributed by atoms with Crippen molar-refractivity contribution in [1.29, 1.82) is 0 Å². The van der Waals surface area contributed by atoms with Crippen LogP contribution in [0.4, 0.5) is 0 Å². The average Bonchev–Trinajstić information content (AvgIpc) is 3.17. The van der Waals surface area contributed by atoms with Crippen molar-refractivity contribution in [2.24, 2.45) is 0 Å². The molecule has 0 amide bonds. The Kier molecular flexibility index (Phi) is 4.24. The minimum atomic E-state index is -0.517. The van der Waals surface area contributed by atoms with Crippen LogP contribution in [-0.4, -0.2) is 30.3 Å². The van der Waals surface area contributed by atoms with E-state index in [4.69, 9.17) is 0 Å². The third kappa shape index (κ3) is 2.88. The molecule has 2 aromatic carbocycles. The van der Waals surface area contributed by atoms with Gasteiger partial charge in [0.1, 0.15) is 5.82 Å². The van der Waals surface area contributed by atoms with Gasteiger partial charge in [-0.25, -0.2) is 9.97 Å². The second-order valence-corrected chi connectivity index (χ2v) is 6.96. The van der Waals surface area contributed by atoms with Gasteiger partial charge in [0.05, 0.1) is 47.6 Å². The molecule has 134 valence electrons. The molecule has 0 unspecified atom stereocenters. The lowest BCUT2D eigenvalue weighted by Crippen LogP contribution is -2.23. The van der Waals surface area contributed by atoms with Gasteiger partial charge in [0.25, 0.3) is 0 Å². The Morgan fingerprint density at radius 1 is 1.00 bits per heavy atom. The number of aromatic nitrogens is 4. The predicted molar refractivity (Wildman–Crippen MR) is 104 cm³/mol. The smallest absolute Gasteiger partial charge is 0.109 e. The van der Waals surface area contributed by atoms with E-state index in [1.165, 1.54) is 11.1 Å². The fraction of sp³-hybridized carbons (Fsp3) is 0.333. The minimum Gasteiger partial charge on any atom is -0.389 e. The molecule has 4 aromatic rings. The van der Waals surface area contributed by atoms with Crippen LogP contribution in [0.1, 0.15) is 23.9 Å². The van der Waals surface area contributed by atoms with Crippen LogP contribution in [0.25, 0.3) is 22.1 Å². The largest absolute Gasteiger partial charge is 0.389 e. The number of aryl methyl sites for hydroxylation is 3. The summed E-state index contributed by atoms with van der Waals surface area (Å²) < 4.78 is 4.17. The van der Waals surface area contributed by atoms with E-state index in [2.05, 4.69) is 53.5 Å². The van der Waals surface area contributed by atoms with Crippen LogP contribution in [0.2, 0.25) is 0 Å². The zero-order valence-electron chi connectivity index (χ0n) is 15.5. The van der Waals surface area contributed by atoms with Gasteiger partial charge >= 0.3 is 0 Å². The summed E-state index contributed by atoms with van der Waals surface area (Å²) in [5.74, 6) is 1.01. The second kappa shape index (κ2) is 6.57. The van der Waals surface area contributed by atoms with Gasteiger partial charge in [-0.05, 0) is 49.2 Å². The summed E-state index contributed by atoms with van der Waals surface area (Å²) in [4.78, 5) is 9.17. The van der Waals surface area contributed by atoms with Gasteiger partial charge in [-0.2, -0.15) is 0 Å². The second-order valence-electron chi connectivity index (χ2n) is 6.96. The number of fused-ring (bicyclic) bond motifs is 2. The molecule has 2 heterocycles. The molecule has 5 nitrogen and oxygen atoms in total. The van der Waals surface area contributed by atoms with Gasteiger partial charge in [0, 0.05) is 6.42 Å². The first-order chi connectivity index (χ1) is 12.6. The molecule has 0 fully saturated rings. The highest BCUT2D eigenvalue weighted by atomic mass is 16.3. The van der Waals surface area contributed by atoms with Gasteiger partial charge in [0.15, 0.2) is 0 Å². The maximum atomic E-state index is 10.8. The van der Waals surface area contributed by atoms with Crippen LogP contribution in [0.3, 0.4) is 0 Å². The van der Waals surface area contributed by atoms with Gasteiger partial charge in [-0.3, -0.25) is 0 Å². The number of para-hydroxylation sites is 2. The molecule has 1 N–H and O–H groups in total. The van der Waals surface area contributed by atoms with Crippen molar-refractivity contribution in [1.82, 2.24) is 19.1 Å². The molecule has 0 saturated carbocycles. The summed E-state index contributed by atoms with van der Waals surface area (Å²) in [5, 5.41) is 10.8. The van der Waals surface area contributed by atoms with Gasteiger partial charge < -0.3 is 14.2 Å². The van der Waals surface area contributed by atoms with Crippen LogP contribution >= 0.6 is 0 Å². The van der Waals surface area contributed by atoms with Gasteiger partial charge in [-0.1, -0.05) is 19.1 Å². The highest BCUT2D eigenvalue weighted by molar-refractivity contribution is 5.77. The Bertz CT molecular complexity index is 1080. The highest BCUT2D eigenvalue weighted by Crippen LogP contribution is 2.20. The van der Waals surface area contributed by atoms with Crippen molar-refractivity contribution in [2.75, 3.05) is 0 Å². The highest BCUT2D eigenvalue weighted by Gasteiger charge is 2.15. The normalized spacial score (nSPS) is 12.9. The molecule has 0 aliphatic rings. The molecule has 26 heavy (non-hydrogen) atoms. The predicted octanol–water partition coefficient (Wildman–Crippen LogP) is 3.63. The summed E-state index contributed by atoms with van der Waals surface area (Å²) >= 11 is 0. The van der Waals surface area contributed by atoms with Crippen LogP contribution in [0, 0.1) is 13.8 Å². The average molecular weight is 348 g/mol. The number of hydrogen-bond acceptors (Lipinski definition) is 3. The number of imidazole rings is 2. The van der Waals surface area contributed by atoms with Crippen molar-refractivity contribution in [3.63, 3.8) is 0 Å². The van der Waals surface area contributed by atoms with E-state index in [1.54, 1.807) is 0 Å². The molecule has 0 spiro atoms.